The Morgan fingerprint density at radius 1 is 1.57 bits per heavy atom. The maximum atomic E-state index is 10.5. The number of nitro groups is 1. The minimum absolute atomic E-state index is 0.0459. The molecule has 72 valence electrons. The fraction of sp³-hybridized carbons (Fsp3) is 0.125. The second kappa shape index (κ2) is 3.30. The van der Waals surface area contributed by atoms with E-state index in [1.807, 2.05) is 0 Å². The van der Waals surface area contributed by atoms with Gasteiger partial charge in [0.15, 0.2) is 6.29 Å². The van der Waals surface area contributed by atoms with Gasteiger partial charge in [-0.2, -0.15) is 0 Å². The van der Waals surface area contributed by atoms with Crippen LogP contribution in [0.3, 0.4) is 0 Å². The number of non-ortho nitro benzene ring substituents is 1. The van der Waals surface area contributed by atoms with Gasteiger partial charge in [0.25, 0.3) is 5.69 Å². The summed E-state index contributed by atoms with van der Waals surface area (Å²) >= 11 is 1.28. The number of carbonyl (C=O) groups is 1. The van der Waals surface area contributed by atoms with E-state index in [4.69, 9.17) is 0 Å². The largest absolute Gasteiger partial charge is 0.366 e. The van der Waals surface area contributed by atoms with Crippen molar-refractivity contribution in [2.24, 2.45) is 0 Å². The summed E-state index contributed by atoms with van der Waals surface area (Å²) in [5.41, 5.74) is 0.822. The van der Waals surface area contributed by atoms with Gasteiger partial charge in [-0.3, -0.25) is 10.1 Å². The van der Waals surface area contributed by atoms with Gasteiger partial charge in [-0.05, 0) is 6.07 Å². The summed E-state index contributed by atoms with van der Waals surface area (Å²) in [6, 6.07) is 4.50. The predicted molar refractivity (Wildman–Crippen MR) is 52.4 cm³/mol. The summed E-state index contributed by atoms with van der Waals surface area (Å²) in [5.74, 6) is 0. The number of hydrogen-bond acceptors (Lipinski definition) is 5. The second-order valence-electron chi connectivity index (χ2n) is 2.76. The topological polar surface area (TPSA) is 72.2 Å². The minimum atomic E-state index is -0.449. The molecule has 5 nitrogen and oxygen atoms in total. The quantitative estimate of drug-likeness (QED) is 0.456. The van der Waals surface area contributed by atoms with Crippen LogP contribution in [0.15, 0.2) is 23.1 Å². The average Bonchev–Trinajstić information content (AvgIpc) is 2.58. The van der Waals surface area contributed by atoms with Crippen molar-refractivity contribution in [3.8, 4) is 0 Å². The summed E-state index contributed by atoms with van der Waals surface area (Å²) in [6.45, 7) is 0. The standard InChI is InChI=1S/C8H6N2O3S/c11-4-8-9-6-2-1-5(10(12)13)3-7(6)14-8/h1-4,8-9H. The molecule has 1 aromatic carbocycles. The lowest BCUT2D eigenvalue weighted by Gasteiger charge is -1.98. The third kappa shape index (κ3) is 1.44. The summed E-state index contributed by atoms with van der Waals surface area (Å²) in [5, 5.41) is 13.1. The maximum absolute atomic E-state index is 10.5. The molecule has 1 heterocycles. The zero-order chi connectivity index (χ0) is 10.1. The summed E-state index contributed by atoms with van der Waals surface area (Å²) in [7, 11) is 0. The third-order valence-electron chi connectivity index (χ3n) is 1.85. The lowest BCUT2D eigenvalue weighted by molar-refractivity contribution is -0.385. The highest BCUT2D eigenvalue weighted by Crippen LogP contribution is 2.39. The highest BCUT2D eigenvalue weighted by atomic mass is 32.2. The van der Waals surface area contributed by atoms with E-state index in [-0.39, 0.29) is 11.1 Å². The van der Waals surface area contributed by atoms with E-state index in [1.165, 1.54) is 23.9 Å². The Morgan fingerprint density at radius 2 is 2.36 bits per heavy atom. The first-order valence-corrected chi connectivity index (χ1v) is 4.75. The van der Waals surface area contributed by atoms with E-state index in [9.17, 15) is 14.9 Å². The van der Waals surface area contributed by atoms with E-state index >= 15 is 0 Å². The molecule has 0 aliphatic carbocycles. The zero-order valence-electron chi connectivity index (χ0n) is 6.97. The Balaban J connectivity index is 2.35. The van der Waals surface area contributed by atoms with Crippen LogP contribution in [0.25, 0.3) is 0 Å². The van der Waals surface area contributed by atoms with Crippen molar-refractivity contribution in [1.29, 1.82) is 0 Å². The van der Waals surface area contributed by atoms with Gasteiger partial charge in [0.1, 0.15) is 5.37 Å². The van der Waals surface area contributed by atoms with Crippen molar-refractivity contribution < 1.29 is 9.72 Å². The second-order valence-corrected chi connectivity index (χ2v) is 3.94. The number of carbonyl (C=O) groups excluding carboxylic acids is 1. The minimum Gasteiger partial charge on any atom is -0.366 e. The molecule has 1 N–H and O–H groups in total. The molecule has 1 unspecified atom stereocenters. The molecule has 0 fully saturated rings. The molecule has 1 aliphatic heterocycles. The van der Waals surface area contributed by atoms with Crippen LogP contribution in [-0.4, -0.2) is 16.6 Å². The molecule has 0 amide bonds. The number of nitrogens with one attached hydrogen (secondary N) is 1. The van der Waals surface area contributed by atoms with Crippen molar-refractivity contribution in [3.63, 3.8) is 0 Å². The van der Waals surface area contributed by atoms with Gasteiger partial charge in [0.05, 0.1) is 4.92 Å². The average molecular weight is 210 g/mol. The van der Waals surface area contributed by atoms with E-state index in [2.05, 4.69) is 5.32 Å². The van der Waals surface area contributed by atoms with Crippen molar-refractivity contribution in [2.75, 3.05) is 5.32 Å². The van der Waals surface area contributed by atoms with Crippen molar-refractivity contribution >= 4 is 29.4 Å². The SMILES string of the molecule is O=CC1Nc2ccc([N+](=O)[O-])cc2S1. The molecule has 0 radical (unpaired) electrons. The number of rotatable bonds is 2. The Morgan fingerprint density at radius 3 is 3.00 bits per heavy atom. The molecule has 2 rings (SSSR count). The molecule has 6 heteroatoms. The predicted octanol–water partition coefficient (Wildman–Crippen LogP) is 1.64. The van der Waals surface area contributed by atoms with Crippen molar-refractivity contribution in [2.45, 2.75) is 10.3 Å². The maximum Gasteiger partial charge on any atom is 0.270 e. The highest BCUT2D eigenvalue weighted by Gasteiger charge is 2.22. The van der Waals surface area contributed by atoms with Crippen LogP contribution in [0.4, 0.5) is 11.4 Å². The van der Waals surface area contributed by atoms with Gasteiger partial charge in [-0.25, -0.2) is 0 Å². The number of hydrogen-bond donors (Lipinski definition) is 1. The van der Waals surface area contributed by atoms with Crippen LogP contribution < -0.4 is 5.32 Å². The van der Waals surface area contributed by atoms with Gasteiger partial charge < -0.3 is 10.1 Å². The molecule has 14 heavy (non-hydrogen) atoms. The van der Waals surface area contributed by atoms with E-state index < -0.39 is 4.92 Å². The normalized spacial score (nSPS) is 18.4. The first-order chi connectivity index (χ1) is 6.70. The Hall–Kier alpha value is -1.56. The number of fused-ring (bicyclic) bond motifs is 1. The van der Waals surface area contributed by atoms with E-state index in [1.54, 1.807) is 6.07 Å². The van der Waals surface area contributed by atoms with Crippen molar-refractivity contribution in [3.05, 3.63) is 28.3 Å². The van der Waals surface area contributed by atoms with Crippen LogP contribution in [-0.2, 0) is 4.79 Å². The first kappa shape index (κ1) is 9.01. The van der Waals surface area contributed by atoms with Gasteiger partial charge in [-0.1, -0.05) is 11.8 Å². The highest BCUT2D eigenvalue weighted by molar-refractivity contribution is 8.01. The number of benzene rings is 1. The van der Waals surface area contributed by atoms with Gasteiger partial charge >= 0.3 is 0 Å². The molecular weight excluding hydrogens is 204 g/mol. The number of nitro benzene ring substituents is 1. The molecule has 0 saturated heterocycles. The molecule has 0 bridgehead atoms. The molecule has 1 aromatic rings. The van der Waals surface area contributed by atoms with Crippen LogP contribution >= 0.6 is 11.8 Å². The van der Waals surface area contributed by atoms with Crippen LogP contribution in [0.2, 0.25) is 0 Å². The van der Waals surface area contributed by atoms with E-state index in [0.717, 1.165) is 16.9 Å². The fourth-order valence-corrected chi connectivity index (χ4v) is 2.18. The summed E-state index contributed by atoms with van der Waals surface area (Å²) in [6.07, 6.45) is 0.774. The van der Waals surface area contributed by atoms with Crippen LogP contribution in [0.1, 0.15) is 0 Å². The summed E-state index contributed by atoms with van der Waals surface area (Å²) in [4.78, 5) is 21.2. The lowest BCUT2D eigenvalue weighted by Crippen LogP contribution is -2.10. The zero-order valence-corrected chi connectivity index (χ0v) is 7.78. The van der Waals surface area contributed by atoms with Gasteiger partial charge in [-0.15, -0.1) is 0 Å². The monoisotopic (exact) mass is 210 g/mol. The number of aldehydes is 1. The Labute approximate surface area is 83.6 Å². The fourth-order valence-electron chi connectivity index (χ4n) is 1.22. The third-order valence-corrected chi connectivity index (χ3v) is 2.93. The molecule has 0 spiro atoms. The Kier molecular flexibility index (Phi) is 2.12. The van der Waals surface area contributed by atoms with Gasteiger partial charge in [0.2, 0.25) is 0 Å². The smallest absolute Gasteiger partial charge is 0.270 e. The molecule has 0 aromatic heterocycles. The first-order valence-electron chi connectivity index (χ1n) is 3.87. The Bertz CT molecular complexity index is 408. The molecular formula is C8H6N2O3S. The summed E-state index contributed by atoms with van der Waals surface area (Å²) < 4.78 is 0. The van der Waals surface area contributed by atoms with Crippen LogP contribution in [0, 0.1) is 10.1 Å². The molecule has 1 aliphatic rings. The number of nitrogens with zero attached hydrogens (tertiary/aromatic N) is 1. The number of thioether (sulfide) groups is 1. The molecule has 1 atom stereocenters. The molecule has 0 saturated carbocycles. The van der Waals surface area contributed by atoms with Gasteiger partial charge in [0, 0.05) is 22.7 Å². The number of anilines is 1. The van der Waals surface area contributed by atoms with Crippen LogP contribution in [0.5, 0.6) is 0 Å². The lowest BCUT2D eigenvalue weighted by atomic mass is 10.3. The van der Waals surface area contributed by atoms with E-state index in [0.29, 0.717) is 0 Å². The van der Waals surface area contributed by atoms with Crippen molar-refractivity contribution in [1.82, 2.24) is 0 Å².